The van der Waals surface area contributed by atoms with Crippen LogP contribution in [0.3, 0.4) is 0 Å². The molecule has 0 radical (unpaired) electrons. The smallest absolute Gasteiger partial charge is 0.258 e. The molecule has 3 rings (SSSR count). The molecule has 0 unspecified atom stereocenters. The fourth-order valence-corrected chi connectivity index (χ4v) is 3.24. The minimum absolute atomic E-state index is 0.246. The molecule has 0 bridgehead atoms. The zero-order valence-electron chi connectivity index (χ0n) is 13.4. The average Bonchev–Trinajstić information content (AvgIpc) is 2.59. The van der Waals surface area contributed by atoms with Crippen LogP contribution in [0, 0.1) is 5.82 Å². The Bertz CT molecular complexity index is 794. The highest BCUT2D eigenvalue weighted by Crippen LogP contribution is 2.37. The van der Waals surface area contributed by atoms with Crippen molar-refractivity contribution in [2.75, 3.05) is 25.7 Å². The summed E-state index contributed by atoms with van der Waals surface area (Å²) in [5.74, 6) is 0.147. The van der Waals surface area contributed by atoms with Gasteiger partial charge in [0, 0.05) is 12.1 Å². The molecule has 2 aromatic carbocycles. The van der Waals surface area contributed by atoms with Gasteiger partial charge in [-0.05, 0) is 42.7 Å². The van der Waals surface area contributed by atoms with E-state index in [1.165, 1.54) is 26.4 Å². The van der Waals surface area contributed by atoms with Gasteiger partial charge in [-0.1, -0.05) is 17.7 Å². The Balaban J connectivity index is 2.02. The molecule has 0 fully saturated rings. The van der Waals surface area contributed by atoms with Crippen molar-refractivity contribution in [2.24, 2.45) is 0 Å². The van der Waals surface area contributed by atoms with Crippen LogP contribution in [0.1, 0.15) is 22.3 Å². The number of benzene rings is 2. The Morgan fingerprint density at radius 3 is 2.71 bits per heavy atom. The lowest BCUT2D eigenvalue weighted by Gasteiger charge is -2.29. The van der Waals surface area contributed by atoms with E-state index in [2.05, 4.69) is 0 Å². The second-order valence-electron chi connectivity index (χ2n) is 5.53. The van der Waals surface area contributed by atoms with Crippen molar-refractivity contribution >= 4 is 23.2 Å². The molecule has 1 heterocycles. The molecule has 4 nitrogen and oxygen atoms in total. The second kappa shape index (κ2) is 6.69. The highest BCUT2D eigenvalue weighted by atomic mass is 35.5. The minimum Gasteiger partial charge on any atom is -0.493 e. The molecular formula is C18H17ClFNO3. The lowest BCUT2D eigenvalue weighted by atomic mass is 10.0. The Hall–Kier alpha value is -2.27. The first-order chi connectivity index (χ1) is 11.5. The number of halogens is 2. The first-order valence-electron chi connectivity index (χ1n) is 7.57. The summed E-state index contributed by atoms with van der Waals surface area (Å²) < 4.78 is 24.1. The third-order valence-corrected chi connectivity index (χ3v) is 4.37. The highest BCUT2D eigenvalue weighted by molar-refractivity contribution is 6.32. The molecule has 126 valence electrons. The van der Waals surface area contributed by atoms with Crippen LogP contribution in [0.25, 0.3) is 0 Å². The molecule has 0 spiro atoms. The summed E-state index contributed by atoms with van der Waals surface area (Å²) in [5.41, 5.74) is 1.94. The summed E-state index contributed by atoms with van der Waals surface area (Å²) in [4.78, 5) is 14.5. The summed E-state index contributed by atoms with van der Waals surface area (Å²) in [7, 11) is 2.96. The first-order valence-corrected chi connectivity index (χ1v) is 7.94. The number of carbonyl (C=O) groups excluding carboxylic acids is 1. The molecule has 6 heteroatoms. The number of methoxy groups -OCH3 is 2. The molecule has 1 aliphatic rings. The van der Waals surface area contributed by atoms with Gasteiger partial charge in [0.15, 0.2) is 11.5 Å². The SMILES string of the molecule is COc1cc(C(=O)N2CCCc3ccc(F)cc32)cc(Cl)c1OC. The predicted octanol–water partition coefficient (Wildman–Crippen LogP) is 4.09. The van der Waals surface area contributed by atoms with E-state index in [-0.39, 0.29) is 16.7 Å². The number of fused-ring (bicyclic) bond motifs is 1. The van der Waals surface area contributed by atoms with E-state index in [4.69, 9.17) is 21.1 Å². The first kappa shape index (κ1) is 16.6. The number of nitrogens with zero attached hydrogens (tertiary/aromatic N) is 1. The molecule has 0 atom stereocenters. The third kappa shape index (κ3) is 2.91. The van der Waals surface area contributed by atoms with Crippen molar-refractivity contribution in [2.45, 2.75) is 12.8 Å². The van der Waals surface area contributed by atoms with Gasteiger partial charge >= 0.3 is 0 Å². The van der Waals surface area contributed by atoms with Crippen LogP contribution in [0.15, 0.2) is 30.3 Å². The van der Waals surface area contributed by atoms with Gasteiger partial charge in [0.25, 0.3) is 5.91 Å². The van der Waals surface area contributed by atoms with Crippen LogP contribution in [0.5, 0.6) is 11.5 Å². The molecule has 24 heavy (non-hydrogen) atoms. The quantitative estimate of drug-likeness (QED) is 0.837. The van der Waals surface area contributed by atoms with Gasteiger partial charge in [-0.2, -0.15) is 0 Å². The molecule has 0 saturated carbocycles. The third-order valence-electron chi connectivity index (χ3n) is 4.09. The van der Waals surface area contributed by atoms with Gasteiger partial charge in [-0.15, -0.1) is 0 Å². The summed E-state index contributed by atoms with van der Waals surface area (Å²) in [6, 6.07) is 7.67. The van der Waals surface area contributed by atoms with Crippen LogP contribution in [-0.2, 0) is 6.42 Å². The Morgan fingerprint density at radius 1 is 1.21 bits per heavy atom. The lowest BCUT2D eigenvalue weighted by molar-refractivity contribution is 0.0984. The zero-order chi connectivity index (χ0) is 17.3. The van der Waals surface area contributed by atoms with Crippen molar-refractivity contribution < 1.29 is 18.7 Å². The number of hydrogen-bond acceptors (Lipinski definition) is 3. The van der Waals surface area contributed by atoms with E-state index in [1.54, 1.807) is 23.1 Å². The molecule has 0 N–H and O–H groups in total. The largest absolute Gasteiger partial charge is 0.493 e. The van der Waals surface area contributed by atoms with E-state index in [9.17, 15) is 9.18 Å². The van der Waals surface area contributed by atoms with Crippen LogP contribution < -0.4 is 14.4 Å². The van der Waals surface area contributed by atoms with E-state index in [0.717, 1.165) is 18.4 Å². The van der Waals surface area contributed by atoms with Crippen molar-refractivity contribution in [1.82, 2.24) is 0 Å². The standard InChI is InChI=1S/C18H17ClFNO3/c1-23-16-9-12(8-14(19)17(16)24-2)18(22)21-7-3-4-11-5-6-13(20)10-15(11)21/h5-6,8-10H,3-4,7H2,1-2H3. The molecule has 1 aliphatic heterocycles. The summed E-state index contributed by atoms with van der Waals surface area (Å²) >= 11 is 6.19. The van der Waals surface area contributed by atoms with Crippen molar-refractivity contribution in [3.05, 3.63) is 52.3 Å². The average molecular weight is 350 g/mol. The Morgan fingerprint density at radius 2 is 2.00 bits per heavy atom. The zero-order valence-corrected chi connectivity index (χ0v) is 14.2. The van der Waals surface area contributed by atoms with Crippen LogP contribution in [-0.4, -0.2) is 26.7 Å². The summed E-state index contributed by atoms with van der Waals surface area (Å²) in [6.45, 7) is 0.529. The Kier molecular flexibility index (Phi) is 4.62. The Labute approximate surface area is 144 Å². The fraction of sp³-hybridized carbons (Fsp3) is 0.278. The molecule has 1 amide bonds. The van der Waals surface area contributed by atoms with Gasteiger partial charge < -0.3 is 14.4 Å². The monoisotopic (exact) mass is 349 g/mol. The number of anilines is 1. The molecule has 0 saturated heterocycles. The maximum absolute atomic E-state index is 13.6. The van der Waals surface area contributed by atoms with Crippen LogP contribution in [0.2, 0.25) is 5.02 Å². The lowest BCUT2D eigenvalue weighted by Crippen LogP contribution is -2.35. The van der Waals surface area contributed by atoms with Gasteiger partial charge in [-0.25, -0.2) is 4.39 Å². The molecule has 0 aromatic heterocycles. The predicted molar refractivity (Wildman–Crippen MR) is 91.0 cm³/mol. The molecule has 2 aromatic rings. The summed E-state index contributed by atoms with van der Waals surface area (Å²) in [5, 5.41) is 0.289. The number of carbonyl (C=O) groups is 1. The maximum atomic E-state index is 13.6. The van der Waals surface area contributed by atoms with Crippen molar-refractivity contribution in [1.29, 1.82) is 0 Å². The van der Waals surface area contributed by atoms with E-state index in [0.29, 0.717) is 29.3 Å². The number of amides is 1. The van der Waals surface area contributed by atoms with Gasteiger partial charge in [-0.3, -0.25) is 4.79 Å². The highest BCUT2D eigenvalue weighted by Gasteiger charge is 2.25. The number of ether oxygens (including phenoxy) is 2. The second-order valence-corrected chi connectivity index (χ2v) is 5.93. The van der Waals surface area contributed by atoms with Crippen LogP contribution >= 0.6 is 11.6 Å². The topological polar surface area (TPSA) is 38.8 Å². The number of hydrogen-bond donors (Lipinski definition) is 0. The fourth-order valence-electron chi connectivity index (χ4n) is 2.96. The number of aryl methyl sites for hydroxylation is 1. The normalized spacial score (nSPS) is 13.4. The van der Waals surface area contributed by atoms with E-state index >= 15 is 0 Å². The van der Waals surface area contributed by atoms with E-state index < -0.39 is 0 Å². The maximum Gasteiger partial charge on any atom is 0.258 e. The van der Waals surface area contributed by atoms with Crippen molar-refractivity contribution in [3.8, 4) is 11.5 Å². The van der Waals surface area contributed by atoms with Gasteiger partial charge in [0.1, 0.15) is 5.82 Å². The van der Waals surface area contributed by atoms with Crippen molar-refractivity contribution in [3.63, 3.8) is 0 Å². The molecular weight excluding hydrogens is 333 g/mol. The van der Waals surface area contributed by atoms with Crippen LogP contribution in [0.4, 0.5) is 10.1 Å². The number of rotatable bonds is 3. The van der Waals surface area contributed by atoms with E-state index in [1.807, 2.05) is 0 Å². The minimum atomic E-state index is -0.362. The van der Waals surface area contributed by atoms with Gasteiger partial charge in [0.2, 0.25) is 0 Å². The summed E-state index contributed by atoms with van der Waals surface area (Å²) in [6.07, 6.45) is 1.65. The van der Waals surface area contributed by atoms with Gasteiger partial charge in [0.05, 0.1) is 24.9 Å². The molecule has 0 aliphatic carbocycles.